The lowest BCUT2D eigenvalue weighted by atomic mass is 10.1. The van der Waals surface area contributed by atoms with Gasteiger partial charge in [0.1, 0.15) is 5.69 Å². The number of aliphatic hydroxyl groups excluding tert-OH is 1. The molecule has 5 nitrogen and oxygen atoms in total. The molecule has 2 N–H and O–H groups in total. The number of nitrogens with one attached hydrogen (secondary N) is 1. The van der Waals surface area contributed by atoms with E-state index in [2.05, 4.69) is 5.32 Å². The van der Waals surface area contributed by atoms with Crippen LogP contribution in [0.5, 0.6) is 0 Å². The van der Waals surface area contributed by atoms with Gasteiger partial charge in [0.25, 0.3) is 5.69 Å². The minimum Gasteiger partial charge on any atom is -0.396 e. The molecule has 0 aliphatic heterocycles. The maximum atomic E-state index is 10.9. The molecule has 1 aromatic carbocycles. The van der Waals surface area contributed by atoms with Crippen molar-refractivity contribution in [1.29, 1.82) is 0 Å². The van der Waals surface area contributed by atoms with Crippen molar-refractivity contribution in [2.24, 2.45) is 0 Å². The Morgan fingerprint density at radius 1 is 1.28 bits per heavy atom. The first kappa shape index (κ1) is 14.4. The molecule has 1 rings (SSSR count). The molecule has 0 aromatic heterocycles. The third-order valence-electron chi connectivity index (χ3n) is 2.83. The molecule has 0 unspecified atom stereocenters. The summed E-state index contributed by atoms with van der Waals surface area (Å²) in [6.07, 6.45) is 3.79. The minimum absolute atomic E-state index is 0.130. The van der Waals surface area contributed by atoms with Gasteiger partial charge in [0.2, 0.25) is 0 Å². The second kappa shape index (κ2) is 7.66. The highest BCUT2D eigenvalue weighted by Crippen LogP contribution is 2.27. The van der Waals surface area contributed by atoms with E-state index in [0.717, 1.165) is 37.8 Å². The van der Waals surface area contributed by atoms with E-state index in [-0.39, 0.29) is 17.2 Å². The van der Waals surface area contributed by atoms with Crippen molar-refractivity contribution >= 4 is 11.4 Å². The minimum atomic E-state index is -0.360. The van der Waals surface area contributed by atoms with Crippen LogP contribution < -0.4 is 5.32 Å². The van der Waals surface area contributed by atoms with E-state index in [1.165, 1.54) is 6.07 Å². The highest BCUT2D eigenvalue weighted by atomic mass is 16.6. The van der Waals surface area contributed by atoms with E-state index in [0.29, 0.717) is 5.69 Å². The number of para-hydroxylation sites is 1. The lowest BCUT2D eigenvalue weighted by Gasteiger charge is -2.09. The average Bonchev–Trinajstić information content (AvgIpc) is 2.34. The Balaban J connectivity index is 2.48. The van der Waals surface area contributed by atoms with Crippen LogP contribution in [0.3, 0.4) is 0 Å². The lowest BCUT2D eigenvalue weighted by Crippen LogP contribution is -2.06. The van der Waals surface area contributed by atoms with Crippen molar-refractivity contribution in [2.75, 3.05) is 18.5 Å². The molecular formula is C13H20N2O3. The van der Waals surface area contributed by atoms with E-state index < -0.39 is 0 Å². The number of anilines is 1. The summed E-state index contributed by atoms with van der Waals surface area (Å²) in [4.78, 5) is 10.5. The van der Waals surface area contributed by atoms with Crippen molar-refractivity contribution in [1.82, 2.24) is 0 Å². The van der Waals surface area contributed by atoms with Crippen molar-refractivity contribution in [2.45, 2.75) is 32.6 Å². The second-order valence-corrected chi connectivity index (χ2v) is 4.29. The zero-order chi connectivity index (χ0) is 13.4. The standard InChI is InChI=1S/C13H20N2O3/c1-11-7-6-8-12(15(17)18)13(11)14-9-4-2-3-5-10-16/h6-8,14,16H,2-5,9-10H2,1H3. The molecule has 0 amide bonds. The molecule has 0 atom stereocenters. The number of aryl methyl sites for hydroxylation is 1. The Morgan fingerprint density at radius 3 is 2.67 bits per heavy atom. The summed E-state index contributed by atoms with van der Waals surface area (Å²) >= 11 is 0. The summed E-state index contributed by atoms with van der Waals surface area (Å²) in [6, 6.07) is 5.07. The van der Waals surface area contributed by atoms with Crippen molar-refractivity contribution in [3.8, 4) is 0 Å². The molecule has 18 heavy (non-hydrogen) atoms. The molecule has 0 bridgehead atoms. The number of hydrogen-bond donors (Lipinski definition) is 2. The second-order valence-electron chi connectivity index (χ2n) is 4.29. The van der Waals surface area contributed by atoms with E-state index in [4.69, 9.17) is 5.11 Å². The quantitative estimate of drug-likeness (QED) is 0.424. The van der Waals surface area contributed by atoms with E-state index in [1.807, 2.05) is 13.0 Å². The number of nitro groups is 1. The predicted molar refractivity (Wildman–Crippen MR) is 71.9 cm³/mol. The van der Waals surface area contributed by atoms with Crippen LogP contribution >= 0.6 is 0 Å². The topological polar surface area (TPSA) is 75.4 Å². The molecule has 100 valence electrons. The number of nitro benzene ring substituents is 1. The number of hydrogen-bond acceptors (Lipinski definition) is 4. The summed E-state index contributed by atoms with van der Waals surface area (Å²) in [7, 11) is 0. The maximum absolute atomic E-state index is 10.9. The largest absolute Gasteiger partial charge is 0.396 e. The smallest absolute Gasteiger partial charge is 0.292 e. The van der Waals surface area contributed by atoms with E-state index in [9.17, 15) is 10.1 Å². The fourth-order valence-corrected chi connectivity index (χ4v) is 1.84. The maximum Gasteiger partial charge on any atom is 0.292 e. The van der Waals surface area contributed by atoms with Gasteiger partial charge in [-0.3, -0.25) is 10.1 Å². The number of aliphatic hydroxyl groups is 1. The fraction of sp³-hybridized carbons (Fsp3) is 0.538. The fourth-order valence-electron chi connectivity index (χ4n) is 1.84. The van der Waals surface area contributed by atoms with Gasteiger partial charge in [-0.25, -0.2) is 0 Å². The van der Waals surface area contributed by atoms with Gasteiger partial charge in [0.15, 0.2) is 0 Å². The van der Waals surface area contributed by atoms with Crippen LogP contribution in [-0.4, -0.2) is 23.2 Å². The lowest BCUT2D eigenvalue weighted by molar-refractivity contribution is -0.384. The van der Waals surface area contributed by atoms with Crippen molar-refractivity contribution < 1.29 is 10.0 Å². The first-order chi connectivity index (χ1) is 8.66. The van der Waals surface area contributed by atoms with Gasteiger partial charge < -0.3 is 10.4 Å². The number of benzene rings is 1. The number of nitrogens with zero attached hydrogens (tertiary/aromatic N) is 1. The molecule has 1 aromatic rings. The van der Waals surface area contributed by atoms with Gasteiger partial charge in [-0.05, 0) is 25.3 Å². The summed E-state index contributed by atoms with van der Waals surface area (Å²) < 4.78 is 0. The van der Waals surface area contributed by atoms with E-state index >= 15 is 0 Å². The van der Waals surface area contributed by atoms with Crippen LogP contribution in [0, 0.1) is 17.0 Å². The third-order valence-corrected chi connectivity index (χ3v) is 2.83. The average molecular weight is 252 g/mol. The van der Waals surface area contributed by atoms with Gasteiger partial charge in [-0.1, -0.05) is 25.0 Å². The van der Waals surface area contributed by atoms with Crippen LogP contribution in [0.1, 0.15) is 31.2 Å². The van der Waals surface area contributed by atoms with Gasteiger partial charge in [0.05, 0.1) is 4.92 Å². The molecule has 0 heterocycles. The summed E-state index contributed by atoms with van der Waals surface area (Å²) in [5.41, 5.74) is 1.63. The SMILES string of the molecule is Cc1cccc([N+](=O)[O-])c1NCCCCCCO. The zero-order valence-electron chi connectivity index (χ0n) is 10.7. The molecule has 0 saturated heterocycles. The molecule has 0 aliphatic rings. The number of rotatable bonds is 8. The van der Waals surface area contributed by atoms with Crippen LogP contribution in [-0.2, 0) is 0 Å². The van der Waals surface area contributed by atoms with Crippen molar-refractivity contribution in [3.63, 3.8) is 0 Å². The van der Waals surface area contributed by atoms with Gasteiger partial charge in [-0.15, -0.1) is 0 Å². The summed E-state index contributed by atoms with van der Waals surface area (Å²) in [5.74, 6) is 0. The Kier molecular flexibility index (Phi) is 6.14. The third kappa shape index (κ3) is 4.33. The monoisotopic (exact) mass is 252 g/mol. The molecular weight excluding hydrogens is 232 g/mol. The first-order valence-electron chi connectivity index (χ1n) is 6.25. The molecule has 5 heteroatoms. The highest BCUT2D eigenvalue weighted by molar-refractivity contribution is 5.65. The van der Waals surface area contributed by atoms with Crippen LogP contribution in [0.25, 0.3) is 0 Å². The molecule has 0 spiro atoms. The Morgan fingerprint density at radius 2 is 2.00 bits per heavy atom. The van der Waals surface area contributed by atoms with Gasteiger partial charge >= 0.3 is 0 Å². The molecule has 0 saturated carbocycles. The molecule has 0 aliphatic carbocycles. The van der Waals surface area contributed by atoms with E-state index in [1.54, 1.807) is 6.07 Å². The van der Waals surface area contributed by atoms with Crippen LogP contribution in [0.2, 0.25) is 0 Å². The Hall–Kier alpha value is -1.62. The first-order valence-corrected chi connectivity index (χ1v) is 6.25. The molecule has 0 radical (unpaired) electrons. The van der Waals surface area contributed by atoms with Gasteiger partial charge in [-0.2, -0.15) is 0 Å². The summed E-state index contributed by atoms with van der Waals surface area (Å²) in [6.45, 7) is 2.81. The normalized spacial score (nSPS) is 10.3. The predicted octanol–water partition coefficient (Wildman–Crippen LogP) is 2.87. The number of unbranched alkanes of at least 4 members (excludes halogenated alkanes) is 3. The zero-order valence-corrected chi connectivity index (χ0v) is 10.7. The Labute approximate surface area is 107 Å². The Bertz CT molecular complexity index is 394. The molecule has 0 fully saturated rings. The highest BCUT2D eigenvalue weighted by Gasteiger charge is 2.14. The summed E-state index contributed by atoms with van der Waals surface area (Å²) in [5, 5.41) is 22.7. The van der Waals surface area contributed by atoms with Crippen molar-refractivity contribution in [3.05, 3.63) is 33.9 Å². The van der Waals surface area contributed by atoms with Crippen LogP contribution in [0.4, 0.5) is 11.4 Å². The van der Waals surface area contributed by atoms with Crippen LogP contribution in [0.15, 0.2) is 18.2 Å². The van der Waals surface area contributed by atoms with Gasteiger partial charge in [0, 0.05) is 19.2 Å².